The molecule has 0 aliphatic rings. The van der Waals surface area contributed by atoms with Crippen LogP contribution in [-0.4, -0.2) is 6.54 Å². The summed E-state index contributed by atoms with van der Waals surface area (Å²) in [6.07, 6.45) is 0. The molecule has 2 aromatic carbocycles. The molecule has 2 nitrogen and oxygen atoms in total. The lowest BCUT2D eigenvalue weighted by Gasteiger charge is -2.07. The molecule has 0 fully saturated rings. The van der Waals surface area contributed by atoms with E-state index in [1.165, 1.54) is 5.56 Å². The summed E-state index contributed by atoms with van der Waals surface area (Å²) in [6.45, 7) is 3.96. The predicted molar refractivity (Wildman–Crippen MR) is 75.3 cm³/mol. The monoisotopic (exact) mass is 261 g/mol. The Labute approximate surface area is 113 Å². The molecule has 2 aromatic rings. The van der Waals surface area contributed by atoms with E-state index in [1.54, 1.807) is 0 Å². The molecule has 94 valence electrons. The Morgan fingerprint density at radius 3 is 2.06 bits per heavy atom. The molecular formula is C15H16ClNO. The summed E-state index contributed by atoms with van der Waals surface area (Å²) in [5.74, 6) is 1.62. The fourth-order valence-corrected chi connectivity index (χ4v) is 1.71. The van der Waals surface area contributed by atoms with Gasteiger partial charge in [0.25, 0.3) is 0 Å². The van der Waals surface area contributed by atoms with Crippen molar-refractivity contribution in [2.75, 3.05) is 6.54 Å². The van der Waals surface area contributed by atoms with Crippen molar-refractivity contribution in [2.24, 2.45) is 0 Å². The van der Waals surface area contributed by atoms with Gasteiger partial charge in [-0.1, -0.05) is 30.7 Å². The van der Waals surface area contributed by atoms with Crippen molar-refractivity contribution in [1.82, 2.24) is 5.32 Å². The second kappa shape index (κ2) is 6.43. The van der Waals surface area contributed by atoms with Crippen LogP contribution in [0.2, 0.25) is 5.02 Å². The topological polar surface area (TPSA) is 21.3 Å². The van der Waals surface area contributed by atoms with Crippen molar-refractivity contribution in [3.63, 3.8) is 0 Å². The molecule has 2 rings (SSSR count). The maximum Gasteiger partial charge on any atom is 0.127 e. The molecule has 1 N–H and O–H groups in total. The molecule has 0 unspecified atom stereocenters. The van der Waals surface area contributed by atoms with E-state index in [1.807, 2.05) is 36.4 Å². The minimum absolute atomic E-state index is 0.711. The molecule has 0 saturated carbocycles. The van der Waals surface area contributed by atoms with Gasteiger partial charge in [0.1, 0.15) is 11.5 Å². The lowest BCUT2D eigenvalue weighted by Crippen LogP contribution is -2.11. The van der Waals surface area contributed by atoms with Gasteiger partial charge in [0.05, 0.1) is 0 Å². The van der Waals surface area contributed by atoms with Gasteiger partial charge in [-0.25, -0.2) is 0 Å². The molecule has 0 aliphatic carbocycles. The average Bonchev–Trinajstić information content (AvgIpc) is 2.41. The lowest BCUT2D eigenvalue weighted by atomic mass is 10.2. The van der Waals surface area contributed by atoms with Crippen molar-refractivity contribution in [2.45, 2.75) is 13.5 Å². The van der Waals surface area contributed by atoms with Crippen LogP contribution in [0.15, 0.2) is 48.5 Å². The Balaban J connectivity index is 1.99. The van der Waals surface area contributed by atoms with Gasteiger partial charge in [0, 0.05) is 11.6 Å². The number of nitrogens with one attached hydrogen (secondary N) is 1. The molecular weight excluding hydrogens is 246 g/mol. The number of hydrogen-bond donors (Lipinski definition) is 1. The SMILES string of the molecule is CCNCc1ccc(Oc2ccc(Cl)cc2)cc1. The van der Waals surface area contributed by atoms with Gasteiger partial charge in [-0.15, -0.1) is 0 Å². The van der Waals surface area contributed by atoms with E-state index < -0.39 is 0 Å². The third-order valence-corrected chi connectivity index (χ3v) is 2.80. The Morgan fingerprint density at radius 2 is 1.50 bits per heavy atom. The summed E-state index contributed by atoms with van der Waals surface area (Å²) in [7, 11) is 0. The summed E-state index contributed by atoms with van der Waals surface area (Å²) in [4.78, 5) is 0. The number of rotatable bonds is 5. The van der Waals surface area contributed by atoms with E-state index in [0.29, 0.717) is 5.02 Å². The van der Waals surface area contributed by atoms with Gasteiger partial charge in [0.2, 0.25) is 0 Å². The molecule has 3 heteroatoms. The maximum absolute atomic E-state index is 5.82. The molecule has 18 heavy (non-hydrogen) atoms. The molecule has 0 amide bonds. The minimum atomic E-state index is 0.711. The van der Waals surface area contributed by atoms with E-state index in [9.17, 15) is 0 Å². The number of hydrogen-bond acceptors (Lipinski definition) is 2. The normalized spacial score (nSPS) is 10.3. The highest BCUT2D eigenvalue weighted by molar-refractivity contribution is 6.30. The van der Waals surface area contributed by atoms with Crippen LogP contribution in [0, 0.1) is 0 Å². The highest BCUT2D eigenvalue weighted by atomic mass is 35.5. The van der Waals surface area contributed by atoms with Crippen LogP contribution in [-0.2, 0) is 6.54 Å². The molecule has 0 aromatic heterocycles. The van der Waals surface area contributed by atoms with Gasteiger partial charge in [-0.2, -0.15) is 0 Å². The third-order valence-electron chi connectivity index (χ3n) is 2.55. The van der Waals surface area contributed by atoms with Crippen LogP contribution in [0.1, 0.15) is 12.5 Å². The Morgan fingerprint density at radius 1 is 0.944 bits per heavy atom. The first-order valence-electron chi connectivity index (χ1n) is 6.01. The van der Waals surface area contributed by atoms with E-state index >= 15 is 0 Å². The van der Waals surface area contributed by atoms with Crippen LogP contribution in [0.3, 0.4) is 0 Å². The van der Waals surface area contributed by atoms with Gasteiger partial charge in [-0.05, 0) is 48.5 Å². The number of benzene rings is 2. The highest BCUT2D eigenvalue weighted by Crippen LogP contribution is 2.23. The molecule has 0 spiro atoms. The van der Waals surface area contributed by atoms with Crippen LogP contribution in [0.5, 0.6) is 11.5 Å². The Hall–Kier alpha value is -1.51. The first-order chi connectivity index (χ1) is 8.78. The maximum atomic E-state index is 5.82. The molecule has 0 heterocycles. The third kappa shape index (κ3) is 3.76. The van der Waals surface area contributed by atoms with Crippen molar-refractivity contribution in [3.05, 3.63) is 59.1 Å². The van der Waals surface area contributed by atoms with Crippen LogP contribution < -0.4 is 10.1 Å². The fourth-order valence-electron chi connectivity index (χ4n) is 1.58. The van der Waals surface area contributed by atoms with Gasteiger partial charge < -0.3 is 10.1 Å². The van der Waals surface area contributed by atoms with Crippen LogP contribution >= 0.6 is 11.6 Å². The average molecular weight is 262 g/mol. The summed E-state index contributed by atoms with van der Waals surface area (Å²) in [5.41, 5.74) is 1.25. The predicted octanol–water partition coefficient (Wildman–Crippen LogP) is 4.24. The largest absolute Gasteiger partial charge is 0.457 e. The second-order valence-electron chi connectivity index (χ2n) is 3.98. The summed E-state index contributed by atoms with van der Waals surface area (Å²) in [5, 5.41) is 4.00. The fraction of sp³-hybridized carbons (Fsp3) is 0.200. The van der Waals surface area contributed by atoms with Crippen LogP contribution in [0.25, 0.3) is 0 Å². The minimum Gasteiger partial charge on any atom is -0.457 e. The zero-order valence-electron chi connectivity index (χ0n) is 10.3. The quantitative estimate of drug-likeness (QED) is 0.869. The van der Waals surface area contributed by atoms with Gasteiger partial charge >= 0.3 is 0 Å². The first-order valence-corrected chi connectivity index (χ1v) is 6.39. The van der Waals surface area contributed by atoms with Crippen molar-refractivity contribution >= 4 is 11.6 Å². The summed E-state index contributed by atoms with van der Waals surface area (Å²) in [6, 6.07) is 15.4. The smallest absolute Gasteiger partial charge is 0.127 e. The van der Waals surface area contributed by atoms with E-state index in [-0.39, 0.29) is 0 Å². The van der Waals surface area contributed by atoms with E-state index in [0.717, 1.165) is 24.6 Å². The molecule has 0 saturated heterocycles. The van der Waals surface area contributed by atoms with Crippen molar-refractivity contribution in [3.8, 4) is 11.5 Å². The zero-order valence-corrected chi connectivity index (χ0v) is 11.1. The van der Waals surface area contributed by atoms with E-state index in [2.05, 4.69) is 24.4 Å². The number of halogens is 1. The van der Waals surface area contributed by atoms with E-state index in [4.69, 9.17) is 16.3 Å². The number of ether oxygens (including phenoxy) is 1. The van der Waals surface area contributed by atoms with Crippen LogP contribution in [0.4, 0.5) is 0 Å². The summed E-state index contributed by atoms with van der Waals surface area (Å²) < 4.78 is 5.71. The van der Waals surface area contributed by atoms with Gasteiger partial charge in [-0.3, -0.25) is 0 Å². The molecule has 0 atom stereocenters. The second-order valence-corrected chi connectivity index (χ2v) is 4.42. The Kier molecular flexibility index (Phi) is 4.62. The molecule has 0 bridgehead atoms. The first kappa shape index (κ1) is 12.9. The Bertz CT molecular complexity index is 479. The van der Waals surface area contributed by atoms with Crippen molar-refractivity contribution < 1.29 is 4.74 Å². The standard InChI is InChI=1S/C15H16ClNO/c1-2-17-11-12-3-7-14(8-4-12)18-15-9-5-13(16)6-10-15/h3-10,17H,2,11H2,1H3. The van der Waals surface area contributed by atoms with Gasteiger partial charge in [0.15, 0.2) is 0 Å². The lowest BCUT2D eigenvalue weighted by molar-refractivity contribution is 0.482. The highest BCUT2D eigenvalue weighted by Gasteiger charge is 1.98. The summed E-state index contributed by atoms with van der Waals surface area (Å²) >= 11 is 5.82. The van der Waals surface area contributed by atoms with Crippen molar-refractivity contribution in [1.29, 1.82) is 0 Å². The zero-order chi connectivity index (χ0) is 12.8. The molecule has 0 aliphatic heterocycles. The molecule has 0 radical (unpaired) electrons.